The molecule has 0 spiro atoms. The van der Waals surface area contributed by atoms with Crippen molar-refractivity contribution >= 4 is 17.9 Å². The number of allylic oxidation sites excluding steroid dienone is 32. The zero-order chi connectivity index (χ0) is 67.5. The molecule has 0 saturated carbocycles. The molecule has 0 aromatic heterocycles. The maximum absolute atomic E-state index is 13.0. The summed E-state index contributed by atoms with van der Waals surface area (Å²) in [5.74, 6) is -2.06. The van der Waals surface area contributed by atoms with Crippen LogP contribution in [0.2, 0.25) is 0 Å². The third-order valence-corrected chi connectivity index (χ3v) is 14.8. The lowest BCUT2D eigenvalue weighted by Crippen LogP contribution is -2.40. The van der Waals surface area contributed by atoms with Crippen molar-refractivity contribution in [3.63, 3.8) is 0 Å². The molecule has 9 nitrogen and oxygen atoms in total. The average Bonchev–Trinajstić information content (AvgIpc) is 3.38. The smallest absolute Gasteiger partial charge is 0.361 e. The van der Waals surface area contributed by atoms with Crippen LogP contribution < -0.4 is 0 Å². The maximum atomic E-state index is 13.0. The minimum atomic E-state index is -1.53. The van der Waals surface area contributed by atoms with Crippen LogP contribution in [0.3, 0.4) is 0 Å². The highest BCUT2D eigenvalue weighted by molar-refractivity contribution is 5.71. The highest BCUT2D eigenvalue weighted by Crippen LogP contribution is 2.16. The number of aliphatic carboxylic acids is 1. The van der Waals surface area contributed by atoms with Crippen LogP contribution in [-0.2, 0) is 33.3 Å². The van der Waals surface area contributed by atoms with Gasteiger partial charge in [0.05, 0.1) is 34.4 Å². The number of ether oxygens (including phenoxy) is 4. The van der Waals surface area contributed by atoms with Crippen LogP contribution in [0.1, 0.15) is 258 Å². The Hall–Kier alpha value is -5.87. The Morgan fingerprint density at radius 1 is 0.323 bits per heavy atom. The summed E-state index contributed by atoms with van der Waals surface area (Å²) in [4.78, 5) is 37.7. The summed E-state index contributed by atoms with van der Waals surface area (Å²) in [5.41, 5.74) is 0. The Labute approximate surface area is 570 Å². The van der Waals surface area contributed by atoms with Gasteiger partial charge in [-0.3, -0.25) is 9.59 Å². The standard InChI is InChI=1S/C84H133NO8/c1-6-8-10-12-14-16-18-20-22-24-26-28-30-32-34-35-36-37-38-39-40-41-42-43-44-45-46-47-49-51-53-55-57-59-61-63-65-67-69-71-73-75-82(87)93-80(79-92-84(83(88)89)90-77-76-85(3,4)5)78-91-81(86)74-72-70-68-66-64-62-60-58-56-54-52-50-48-33-31-29-27-25-23-21-19-17-15-13-11-9-7-2/h8-11,14-17,20-23,26-29,32,34,36-37,39-40,42-43,45-46,49,51,55,57,61,63,80,84H,6-7,12-13,18-19,24-25,30-31,33,35,38,41,44,47-48,50,52-54,56,58-60,62,64-79H2,1-5H3/p+1/b10-8-,11-9-,16-14-,17-15-,22-20-,23-21-,28-26-,29-27-,34-32-,37-36-,40-39-,43-42-,46-45-,51-49-,57-55-,63-61-. The van der Waals surface area contributed by atoms with Crippen molar-refractivity contribution in [2.45, 2.75) is 270 Å². The van der Waals surface area contributed by atoms with Gasteiger partial charge < -0.3 is 28.5 Å². The quantitative estimate of drug-likeness (QED) is 0.0211. The van der Waals surface area contributed by atoms with E-state index in [0.29, 0.717) is 17.4 Å². The van der Waals surface area contributed by atoms with Crippen molar-refractivity contribution in [1.82, 2.24) is 0 Å². The van der Waals surface area contributed by atoms with Gasteiger partial charge in [0.25, 0.3) is 6.29 Å². The van der Waals surface area contributed by atoms with Gasteiger partial charge in [-0.2, -0.15) is 0 Å². The lowest BCUT2D eigenvalue weighted by Gasteiger charge is -2.25. The highest BCUT2D eigenvalue weighted by atomic mass is 16.7. The van der Waals surface area contributed by atoms with Crippen LogP contribution in [-0.4, -0.2) is 87.4 Å². The topological polar surface area (TPSA) is 108 Å². The van der Waals surface area contributed by atoms with E-state index in [2.05, 4.69) is 208 Å². The first-order valence-electron chi connectivity index (χ1n) is 36.6. The molecule has 2 unspecified atom stereocenters. The Bertz CT molecular complexity index is 2230. The molecule has 0 aromatic rings. The number of carboxylic acids is 1. The lowest BCUT2D eigenvalue weighted by atomic mass is 10.0. The van der Waals surface area contributed by atoms with E-state index in [-0.39, 0.29) is 38.6 Å². The Balaban J connectivity index is 4.23. The van der Waals surface area contributed by atoms with Gasteiger partial charge in [-0.15, -0.1) is 0 Å². The second-order valence-electron chi connectivity index (χ2n) is 24.8. The molecule has 0 aliphatic carbocycles. The monoisotopic (exact) mass is 1290 g/mol. The molecule has 0 aliphatic heterocycles. The Morgan fingerprint density at radius 3 is 0.860 bits per heavy atom. The zero-order valence-corrected chi connectivity index (χ0v) is 59.6. The van der Waals surface area contributed by atoms with Gasteiger partial charge in [-0.25, -0.2) is 4.79 Å². The molecule has 0 rings (SSSR count). The summed E-state index contributed by atoms with van der Waals surface area (Å²) in [6, 6.07) is 0. The summed E-state index contributed by atoms with van der Waals surface area (Å²) < 4.78 is 22.9. The minimum Gasteiger partial charge on any atom is -0.477 e. The fourth-order valence-electron chi connectivity index (χ4n) is 9.34. The summed E-state index contributed by atoms with van der Waals surface area (Å²) in [7, 11) is 5.96. The molecule has 522 valence electrons. The van der Waals surface area contributed by atoms with Gasteiger partial charge in [0, 0.05) is 12.8 Å². The largest absolute Gasteiger partial charge is 0.477 e. The van der Waals surface area contributed by atoms with E-state index in [1.807, 2.05) is 21.1 Å². The first kappa shape index (κ1) is 87.1. The first-order valence-corrected chi connectivity index (χ1v) is 36.6. The van der Waals surface area contributed by atoms with E-state index >= 15 is 0 Å². The van der Waals surface area contributed by atoms with Gasteiger partial charge in [-0.05, 0) is 141 Å². The van der Waals surface area contributed by atoms with Gasteiger partial charge in [0.1, 0.15) is 13.2 Å². The first-order chi connectivity index (χ1) is 45.6. The summed E-state index contributed by atoms with van der Waals surface area (Å²) in [5, 5.41) is 9.75. The predicted octanol–water partition coefficient (Wildman–Crippen LogP) is 23.4. The highest BCUT2D eigenvalue weighted by Gasteiger charge is 2.25. The van der Waals surface area contributed by atoms with E-state index in [1.54, 1.807) is 0 Å². The molecule has 0 aliphatic rings. The number of esters is 2. The van der Waals surface area contributed by atoms with Crippen LogP contribution >= 0.6 is 0 Å². The molecule has 0 aromatic carbocycles. The molecule has 9 heteroatoms. The number of likely N-dealkylation sites (N-methyl/N-ethyl adjacent to an activating group) is 1. The molecule has 0 radical (unpaired) electrons. The number of nitrogens with zero attached hydrogens (tertiary/aromatic N) is 1. The zero-order valence-electron chi connectivity index (χ0n) is 59.6. The summed E-state index contributed by atoms with van der Waals surface area (Å²) in [6.45, 7) is 4.61. The van der Waals surface area contributed by atoms with Gasteiger partial charge in [0.2, 0.25) is 0 Å². The predicted molar refractivity (Wildman–Crippen MR) is 400 cm³/mol. The number of carbonyl (C=O) groups is 3. The molecule has 0 fully saturated rings. The second kappa shape index (κ2) is 72.0. The molecule has 0 heterocycles. The fraction of sp³-hybridized carbons (Fsp3) is 0.583. The molecule has 93 heavy (non-hydrogen) atoms. The number of quaternary nitrogens is 1. The number of rotatable bonds is 65. The number of unbranched alkanes of at least 4 members (excludes halogenated alkanes) is 18. The molecule has 0 bridgehead atoms. The Kier molecular flexibility index (Phi) is 67.4. The fourth-order valence-corrected chi connectivity index (χ4v) is 9.34. The van der Waals surface area contributed by atoms with Crippen LogP contribution in [0.15, 0.2) is 194 Å². The SMILES string of the molecule is CC/C=C\C/C=C\C/C=C\C/C=C\C/C=C\C/C=C\C/C=C\C/C=C\C/C=C\C/C=C\C/C=C\C/C=C\CCCCCCC(=O)OC(COC(=O)CCCCCCCCCCCCCCCC/C=C\C/C=C\C/C=C\C/C=C\CC)COC(OCC[N+](C)(C)C)C(=O)O. The van der Waals surface area contributed by atoms with Gasteiger partial charge in [-0.1, -0.05) is 298 Å². The van der Waals surface area contributed by atoms with Crippen LogP contribution in [0.5, 0.6) is 0 Å². The van der Waals surface area contributed by atoms with Crippen molar-refractivity contribution in [2.24, 2.45) is 0 Å². The van der Waals surface area contributed by atoms with Crippen LogP contribution in [0, 0.1) is 0 Å². The summed E-state index contributed by atoms with van der Waals surface area (Å²) >= 11 is 0. The van der Waals surface area contributed by atoms with Crippen LogP contribution in [0.4, 0.5) is 0 Å². The molecular weight excluding hydrogens is 1150 g/mol. The lowest BCUT2D eigenvalue weighted by molar-refractivity contribution is -0.870. The summed E-state index contributed by atoms with van der Waals surface area (Å²) in [6.07, 6.45) is 108. The van der Waals surface area contributed by atoms with E-state index in [4.69, 9.17) is 18.9 Å². The Morgan fingerprint density at radius 2 is 0.581 bits per heavy atom. The van der Waals surface area contributed by atoms with Gasteiger partial charge in [0.15, 0.2) is 6.10 Å². The second-order valence-corrected chi connectivity index (χ2v) is 24.8. The van der Waals surface area contributed by atoms with Crippen LogP contribution in [0.25, 0.3) is 0 Å². The van der Waals surface area contributed by atoms with E-state index in [1.165, 1.54) is 77.0 Å². The molecular formula is C84H134NO8+. The third kappa shape index (κ3) is 73.4. The molecule has 0 saturated heterocycles. The number of hydrogen-bond donors (Lipinski definition) is 1. The van der Waals surface area contributed by atoms with Crippen molar-refractivity contribution in [2.75, 3.05) is 47.5 Å². The number of carboxylic acid groups (broad SMARTS) is 1. The molecule has 1 N–H and O–H groups in total. The van der Waals surface area contributed by atoms with Crippen molar-refractivity contribution in [1.29, 1.82) is 0 Å². The average molecular weight is 1290 g/mol. The minimum absolute atomic E-state index is 0.172. The van der Waals surface area contributed by atoms with E-state index in [0.717, 1.165) is 148 Å². The van der Waals surface area contributed by atoms with Crippen molar-refractivity contribution in [3.05, 3.63) is 194 Å². The van der Waals surface area contributed by atoms with E-state index in [9.17, 15) is 19.5 Å². The number of carbonyl (C=O) groups excluding carboxylic acids is 2. The van der Waals surface area contributed by atoms with Gasteiger partial charge >= 0.3 is 17.9 Å². The van der Waals surface area contributed by atoms with E-state index < -0.39 is 24.3 Å². The molecule has 2 atom stereocenters. The maximum Gasteiger partial charge on any atom is 0.361 e. The third-order valence-electron chi connectivity index (χ3n) is 14.8. The van der Waals surface area contributed by atoms with Crippen molar-refractivity contribution < 1.29 is 42.9 Å². The number of hydrogen-bond acceptors (Lipinski definition) is 7. The normalized spacial score (nSPS) is 13.9. The van der Waals surface area contributed by atoms with Crippen molar-refractivity contribution in [3.8, 4) is 0 Å². The molecule has 0 amide bonds.